The van der Waals surface area contributed by atoms with Crippen LogP contribution < -0.4 is 0 Å². The number of carbonyl (C=O) groups excluding carboxylic acids is 1. The Morgan fingerprint density at radius 2 is 2.36 bits per heavy atom. The fraction of sp³-hybridized carbons (Fsp3) is 0.556. The van der Waals surface area contributed by atoms with Crippen LogP contribution in [0.15, 0.2) is 41.5 Å². The summed E-state index contributed by atoms with van der Waals surface area (Å²) in [6.45, 7) is 2.70. The average molecular weight is 345 g/mol. The van der Waals surface area contributed by atoms with Crippen molar-refractivity contribution in [3.63, 3.8) is 0 Å². The Morgan fingerprint density at radius 1 is 1.40 bits per heavy atom. The van der Waals surface area contributed by atoms with Gasteiger partial charge in [0.25, 0.3) is 5.91 Å². The van der Waals surface area contributed by atoms with Crippen molar-refractivity contribution in [2.24, 2.45) is 0 Å². The minimum atomic E-state index is -0.0331. The average Bonchev–Trinajstić information content (AvgIpc) is 3.39. The van der Waals surface area contributed by atoms with Gasteiger partial charge in [0.15, 0.2) is 0 Å². The van der Waals surface area contributed by atoms with Crippen molar-refractivity contribution >= 4 is 5.91 Å². The zero-order valence-corrected chi connectivity index (χ0v) is 14.1. The lowest BCUT2D eigenvalue weighted by Gasteiger charge is -2.38. The van der Waals surface area contributed by atoms with E-state index >= 15 is 0 Å². The minimum absolute atomic E-state index is 0.0198. The first-order valence-electron chi connectivity index (χ1n) is 8.87. The smallest absolute Gasteiger partial charge is 0.257 e. The molecule has 7 heteroatoms. The number of amides is 1. The summed E-state index contributed by atoms with van der Waals surface area (Å²) in [6, 6.07) is 3.72. The number of hydrogen-bond donors (Lipinski definition) is 0. The molecule has 1 amide bonds. The topological polar surface area (TPSA) is 69.7 Å². The zero-order valence-electron chi connectivity index (χ0n) is 14.1. The van der Waals surface area contributed by atoms with E-state index in [0.29, 0.717) is 25.3 Å². The lowest BCUT2D eigenvalue weighted by molar-refractivity contribution is -0.105. The van der Waals surface area contributed by atoms with E-state index < -0.39 is 0 Å². The van der Waals surface area contributed by atoms with Crippen molar-refractivity contribution in [3.05, 3.63) is 42.6 Å². The molecule has 134 valence electrons. The number of aromatic nitrogens is 2. The van der Waals surface area contributed by atoms with Gasteiger partial charge < -0.3 is 18.8 Å². The molecule has 0 spiro atoms. The van der Waals surface area contributed by atoms with Crippen LogP contribution in [0.2, 0.25) is 0 Å². The monoisotopic (exact) mass is 345 g/mol. The van der Waals surface area contributed by atoms with Gasteiger partial charge >= 0.3 is 0 Å². The van der Waals surface area contributed by atoms with E-state index in [4.69, 9.17) is 13.9 Å². The molecule has 1 aliphatic carbocycles. The lowest BCUT2D eigenvalue weighted by atomic mass is 10.1. The SMILES string of the molecule is O=C(c1ccoc1)N1CCO[C@H]2[C@H](OCCCn3cccn3)CC[C@@H]21. The van der Waals surface area contributed by atoms with Gasteiger partial charge in [-0.05, 0) is 31.4 Å². The Balaban J connectivity index is 1.31. The second-order valence-corrected chi connectivity index (χ2v) is 6.52. The molecule has 2 fully saturated rings. The third kappa shape index (κ3) is 3.48. The van der Waals surface area contributed by atoms with Crippen molar-refractivity contribution in [2.75, 3.05) is 19.8 Å². The Kier molecular flexibility index (Phi) is 4.85. The number of aryl methyl sites for hydroxylation is 1. The number of fused-ring (bicyclic) bond motifs is 1. The molecule has 1 aliphatic heterocycles. The molecule has 3 atom stereocenters. The molecule has 2 aromatic heterocycles. The van der Waals surface area contributed by atoms with Crippen molar-refractivity contribution in [2.45, 2.75) is 44.1 Å². The Hall–Kier alpha value is -2.12. The third-order valence-electron chi connectivity index (χ3n) is 4.99. The van der Waals surface area contributed by atoms with Crippen LogP contribution in [0.1, 0.15) is 29.6 Å². The van der Waals surface area contributed by atoms with E-state index in [0.717, 1.165) is 25.8 Å². The molecule has 0 radical (unpaired) electrons. The van der Waals surface area contributed by atoms with Gasteiger partial charge in [0, 0.05) is 32.1 Å². The maximum absolute atomic E-state index is 12.7. The first-order chi connectivity index (χ1) is 12.3. The largest absolute Gasteiger partial charge is 0.472 e. The summed E-state index contributed by atoms with van der Waals surface area (Å²) in [5, 5.41) is 4.19. The molecular weight excluding hydrogens is 322 g/mol. The van der Waals surface area contributed by atoms with E-state index in [1.54, 1.807) is 12.3 Å². The summed E-state index contributed by atoms with van der Waals surface area (Å²) < 4.78 is 19.0. The molecule has 1 saturated heterocycles. The Morgan fingerprint density at radius 3 is 3.16 bits per heavy atom. The highest BCUT2D eigenvalue weighted by molar-refractivity contribution is 5.94. The van der Waals surface area contributed by atoms with Crippen molar-refractivity contribution < 1.29 is 18.7 Å². The maximum Gasteiger partial charge on any atom is 0.257 e. The molecule has 25 heavy (non-hydrogen) atoms. The van der Waals surface area contributed by atoms with Gasteiger partial charge in [-0.15, -0.1) is 0 Å². The first kappa shape index (κ1) is 16.4. The molecule has 7 nitrogen and oxygen atoms in total. The van der Waals surface area contributed by atoms with Crippen LogP contribution in [0.25, 0.3) is 0 Å². The van der Waals surface area contributed by atoms with Crippen LogP contribution in [-0.4, -0.2) is 58.6 Å². The summed E-state index contributed by atoms with van der Waals surface area (Å²) >= 11 is 0. The van der Waals surface area contributed by atoms with Crippen molar-refractivity contribution in [1.82, 2.24) is 14.7 Å². The molecule has 0 unspecified atom stereocenters. The molecule has 2 aliphatic rings. The van der Waals surface area contributed by atoms with E-state index in [1.807, 2.05) is 21.8 Å². The molecule has 0 N–H and O–H groups in total. The van der Waals surface area contributed by atoms with Gasteiger partial charge in [0.2, 0.25) is 0 Å². The van der Waals surface area contributed by atoms with E-state index in [1.165, 1.54) is 12.5 Å². The van der Waals surface area contributed by atoms with E-state index in [9.17, 15) is 4.79 Å². The van der Waals surface area contributed by atoms with Gasteiger partial charge in [-0.25, -0.2) is 0 Å². The number of hydrogen-bond acceptors (Lipinski definition) is 5. The van der Waals surface area contributed by atoms with Crippen LogP contribution in [0, 0.1) is 0 Å². The molecule has 3 heterocycles. The lowest BCUT2D eigenvalue weighted by Crippen LogP contribution is -2.53. The highest BCUT2D eigenvalue weighted by Gasteiger charge is 2.45. The van der Waals surface area contributed by atoms with E-state index in [2.05, 4.69) is 5.10 Å². The first-order valence-corrected chi connectivity index (χ1v) is 8.87. The summed E-state index contributed by atoms with van der Waals surface area (Å²) in [5.74, 6) is 0.0198. The molecule has 2 aromatic rings. The number of nitrogens with zero attached hydrogens (tertiary/aromatic N) is 3. The number of ether oxygens (including phenoxy) is 2. The zero-order chi connectivity index (χ0) is 17.1. The fourth-order valence-electron chi connectivity index (χ4n) is 3.79. The van der Waals surface area contributed by atoms with Crippen molar-refractivity contribution in [3.8, 4) is 0 Å². The van der Waals surface area contributed by atoms with Crippen LogP contribution >= 0.6 is 0 Å². The Labute approximate surface area is 146 Å². The highest BCUT2D eigenvalue weighted by atomic mass is 16.5. The summed E-state index contributed by atoms with van der Waals surface area (Å²) in [5.41, 5.74) is 0.601. The Bertz CT molecular complexity index is 671. The highest BCUT2D eigenvalue weighted by Crippen LogP contribution is 2.33. The maximum atomic E-state index is 12.7. The van der Waals surface area contributed by atoms with Crippen molar-refractivity contribution in [1.29, 1.82) is 0 Å². The number of carbonyl (C=O) groups is 1. The molecule has 0 bridgehead atoms. The van der Waals surface area contributed by atoms with Gasteiger partial charge in [-0.3, -0.25) is 9.48 Å². The van der Waals surface area contributed by atoms with Gasteiger partial charge in [0.05, 0.1) is 30.6 Å². The predicted molar refractivity (Wildman–Crippen MR) is 89.1 cm³/mol. The summed E-state index contributed by atoms with van der Waals surface area (Å²) in [6.07, 6.45) is 9.55. The quantitative estimate of drug-likeness (QED) is 0.749. The number of furan rings is 1. The predicted octanol–water partition coefficient (Wildman–Crippen LogP) is 1.95. The van der Waals surface area contributed by atoms with Crippen LogP contribution in [0.3, 0.4) is 0 Å². The van der Waals surface area contributed by atoms with Gasteiger partial charge in [-0.2, -0.15) is 5.10 Å². The second kappa shape index (κ2) is 7.41. The minimum Gasteiger partial charge on any atom is -0.472 e. The molecule has 1 saturated carbocycles. The van der Waals surface area contributed by atoms with Gasteiger partial charge in [-0.1, -0.05) is 0 Å². The summed E-state index contributed by atoms with van der Waals surface area (Å²) in [4.78, 5) is 14.6. The van der Waals surface area contributed by atoms with Crippen LogP contribution in [0.5, 0.6) is 0 Å². The number of morpholine rings is 1. The standard InChI is InChI=1S/C18H23N3O4/c22-18(14-5-11-23-13-14)21-9-12-25-17-15(21)3-4-16(17)24-10-2-8-20-7-1-6-19-20/h1,5-7,11,13,15-17H,2-4,8-10,12H2/t15-,16+,17+/m0/s1. The van der Waals surface area contributed by atoms with Crippen LogP contribution in [0.4, 0.5) is 0 Å². The summed E-state index contributed by atoms with van der Waals surface area (Å²) in [7, 11) is 0. The normalized spacial score (nSPS) is 25.9. The van der Waals surface area contributed by atoms with E-state index in [-0.39, 0.29) is 24.2 Å². The van der Waals surface area contributed by atoms with Crippen LogP contribution in [-0.2, 0) is 16.0 Å². The molecule has 0 aromatic carbocycles. The fourth-order valence-corrected chi connectivity index (χ4v) is 3.79. The van der Waals surface area contributed by atoms with Gasteiger partial charge in [0.1, 0.15) is 12.4 Å². The molecule has 4 rings (SSSR count). The second-order valence-electron chi connectivity index (χ2n) is 6.52. The molecular formula is C18H23N3O4. The third-order valence-corrected chi connectivity index (χ3v) is 4.99. The number of rotatable bonds is 6.